The number of carbonyl (C=O) groups excluding carboxylic acids is 1. The smallest absolute Gasteiger partial charge is 0.143 e. The van der Waals surface area contributed by atoms with E-state index in [9.17, 15) is 6.17 Å². The van der Waals surface area contributed by atoms with Crippen molar-refractivity contribution in [1.29, 1.82) is 0 Å². The Hall–Kier alpha value is -1.71. The number of carbonyl (C=O) groups is 1. The summed E-state index contributed by atoms with van der Waals surface area (Å²) in [5.74, 6) is 0.230. The minimum atomic E-state index is -2.83. The molecule has 0 N–H and O–H groups in total. The third kappa shape index (κ3) is 2.74. The lowest BCUT2D eigenvalue weighted by Gasteiger charge is -2.56. The first-order valence-corrected chi connectivity index (χ1v) is 12.7. The summed E-state index contributed by atoms with van der Waals surface area (Å²) in [6.45, 7) is 12.9. The average Bonchev–Trinajstić information content (AvgIpc) is 2.91. The molecule has 154 valence electrons. The fourth-order valence-corrected chi connectivity index (χ4v) is 12.6. The number of fused-ring (bicyclic) bond motifs is 2. The zero-order chi connectivity index (χ0) is 22.0. The van der Waals surface area contributed by atoms with Crippen LogP contribution in [0.2, 0.25) is 10.6 Å². The molecule has 0 radical (unpaired) electrons. The minimum Gasteiger partial charge on any atom is -0.371 e. The Morgan fingerprint density at radius 1 is 0.966 bits per heavy atom. The molecule has 3 atom stereocenters. The average molecular weight is 408 g/mol. The summed E-state index contributed by atoms with van der Waals surface area (Å²) < 4.78 is 17.0. The molecule has 2 saturated heterocycles. The molecular formula is C26H34O2Si. The van der Waals surface area contributed by atoms with Crippen LogP contribution >= 0.6 is 0 Å². The molecule has 4 rings (SSSR count). The van der Waals surface area contributed by atoms with Crippen LogP contribution in [0.4, 0.5) is 0 Å². The van der Waals surface area contributed by atoms with Gasteiger partial charge in [0.1, 0.15) is 13.9 Å². The summed E-state index contributed by atoms with van der Waals surface area (Å²) in [5.41, 5.74) is -2.47. The van der Waals surface area contributed by atoms with Gasteiger partial charge >= 0.3 is 0 Å². The van der Waals surface area contributed by atoms with Crippen molar-refractivity contribution >= 4 is 24.2 Å². The number of hydrogen-bond acceptors (Lipinski definition) is 2. The second kappa shape index (κ2) is 6.65. The van der Waals surface area contributed by atoms with Gasteiger partial charge in [0, 0.05) is 7.79 Å². The third-order valence-corrected chi connectivity index (χ3v) is 13.9. The van der Waals surface area contributed by atoms with Crippen LogP contribution in [0.1, 0.15) is 55.8 Å². The van der Waals surface area contributed by atoms with Gasteiger partial charge in [-0.3, -0.25) is 4.79 Å². The van der Waals surface area contributed by atoms with Gasteiger partial charge in [0.25, 0.3) is 0 Å². The van der Waals surface area contributed by atoms with Gasteiger partial charge in [-0.1, -0.05) is 106 Å². The number of rotatable bonds is 3. The van der Waals surface area contributed by atoms with Crippen LogP contribution in [-0.2, 0) is 9.53 Å². The molecule has 2 aliphatic heterocycles. The maximum atomic E-state index is 13.2. The molecule has 0 aromatic heterocycles. The van der Waals surface area contributed by atoms with E-state index in [0.29, 0.717) is 12.8 Å². The molecule has 3 heteroatoms. The van der Waals surface area contributed by atoms with Gasteiger partial charge in [0.05, 0.1) is 17.1 Å². The lowest BCUT2D eigenvalue weighted by Crippen LogP contribution is -2.71. The summed E-state index contributed by atoms with van der Waals surface area (Å²) in [6.07, 6.45) is 0.850. The van der Waals surface area contributed by atoms with E-state index >= 15 is 0 Å². The Kier molecular flexibility index (Phi) is 4.41. The molecule has 0 spiro atoms. The lowest BCUT2D eigenvalue weighted by molar-refractivity contribution is -0.168. The van der Waals surface area contributed by atoms with E-state index in [-0.39, 0.29) is 16.9 Å². The number of hydrogen-bond donors (Lipinski definition) is 0. The van der Waals surface area contributed by atoms with Crippen molar-refractivity contribution in [2.75, 3.05) is 0 Å². The van der Waals surface area contributed by atoms with Crippen molar-refractivity contribution in [3.05, 3.63) is 60.7 Å². The first kappa shape index (κ1) is 19.3. The van der Waals surface area contributed by atoms with Gasteiger partial charge < -0.3 is 4.74 Å². The van der Waals surface area contributed by atoms with Crippen LogP contribution in [0.25, 0.3) is 0 Å². The third-order valence-electron chi connectivity index (χ3n) is 7.70. The molecule has 0 unspecified atom stereocenters. The maximum Gasteiger partial charge on any atom is 0.143 e. The summed E-state index contributed by atoms with van der Waals surface area (Å²) in [6, 6.07) is 21.3. The minimum absolute atomic E-state index is 0.166. The van der Waals surface area contributed by atoms with Gasteiger partial charge in [0.2, 0.25) is 0 Å². The fraction of sp³-hybridized carbons (Fsp3) is 0.500. The monoisotopic (exact) mass is 407 g/mol. The van der Waals surface area contributed by atoms with Crippen LogP contribution in [0, 0.1) is 5.41 Å². The summed E-state index contributed by atoms with van der Waals surface area (Å²) >= 11 is 0. The number of ketones is 1. The Morgan fingerprint density at radius 2 is 1.45 bits per heavy atom. The molecule has 0 aliphatic carbocycles. The highest BCUT2D eigenvalue weighted by molar-refractivity contribution is 7.05. The van der Waals surface area contributed by atoms with Crippen LogP contribution in [-0.4, -0.2) is 25.6 Å². The summed E-state index contributed by atoms with van der Waals surface area (Å²) in [4.78, 5) is 13.2. The standard InChI is InChI=1S/C26H34O2Si/c1-24(2,3)29(20-13-9-7-10-14-20,21-15-11-8-12-16-21)23-18-19-17-22(27)25(4,5)26(23,6)28-19/h7-16,19,23H,17-18H2,1-6H3/t19-,23-,26-/m0/s1/i23D. The number of benzene rings is 2. The summed E-state index contributed by atoms with van der Waals surface area (Å²) in [7, 11) is -2.83. The quantitative estimate of drug-likeness (QED) is 0.672. The molecule has 0 saturated carbocycles. The lowest BCUT2D eigenvalue weighted by atomic mass is 9.70. The predicted octanol–water partition coefficient (Wildman–Crippen LogP) is 4.97. The van der Waals surface area contributed by atoms with Gasteiger partial charge in [-0.25, -0.2) is 0 Å². The normalized spacial score (nSPS) is 32.1. The zero-order valence-electron chi connectivity index (χ0n) is 19.6. The zero-order valence-corrected chi connectivity index (χ0v) is 19.6. The van der Waals surface area contributed by atoms with Crippen LogP contribution in [0.3, 0.4) is 0 Å². The van der Waals surface area contributed by atoms with E-state index in [1.54, 1.807) is 0 Å². The first-order valence-electron chi connectivity index (χ1n) is 11.2. The number of Topliss-reactive ketones (excluding diaryl/α,β-unsaturated/α-hetero) is 1. The first-order chi connectivity index (χ1) is 13.9. The SMILES string of the molecule is [2H][C@]1([Si](c2ccccc2)(c2ccccc2)C(C)(C)C)C[C@@H]2CC(=O)C(C)(C)[C@@]1(C)O2. The topological polar surface area (TPSA) is 26.3 Å². The van der Waals surface area contributed by atoms with E-state index in [4.69, 9.17) is 4.74 Å². The highest BCUT2D eigenvalue weighted by atomic mass is 28.3. The highest BCUT2D eigenvalue weighted by Gasteiger charge is 2.69. The molecule has 2 nitrogen and oxygen atoms in total. The maximum absolute atomic E-state index is 13.2. The van der Waals surface area contributed by atoms with Gasteiger partial charge in [-0.05, 0) is 23.9 Å². The molecule has 2 bridgehead atoms. The number of ether oxygens (including phenoxy) is 1. The van der Waals surface area contributed by atoms with Crippen molar-refractivity contribution in [3.8, 4) is 0 Å². The van der Waals surface area contributed by atoms with Crippen molar-refractivity contribution in [3.63, 3.8) is 0 Å². The van der Waals surface area contributed by atoms with E-state index in [1.165, 1.54) is 10.4 Å². The van der Waals surface area contributed by atoms with Crippen molar-refractivity contribution < 1.29 is 10.9 Å². The molecule has 2 aromatic carbocycles. The van der Waals surface area contributed by atoms with E-state index < -0.39 is 24.6 Å². The second-order valence-corrected chi connectivity index (χ2v) is 15.2. The van der Waals surface area contributed by atoms with Crippen molar-refractivity contribution in [2.45, 2.75) is 76.6 Å². The van der Waals surface area contributed by atoms with E-state index in [1.807, 2.05) is 26.0 Å². The van der Waals surface area contributed by atoms with Crippen LogP contribution < -0.4 is 10.4 Å². The second-order valence-electron chi connectivity index (χ2n) is 10.4. The van der Waals surface area contributed by atoms with Crippen LogP contribution in [0.5, 0.6) is 0 Å². The van der Waals surface area contributed by atoms with Gasteiger partial charge in [-0.15, -0.1) is 0 Å². The Balaban J connectivity index is 2.13. The van der Waals surface area contributed by atoms with E-state index in [0.717, 1.165) is 0 Å². The van der Waals surface area contributed by atoms with Gasteiger partial charge in [0.15, 0.2) is 0 Å². The fourth-order valence-electron chi connectivity index (χ4n) is 5.96. The molecule has 2 aromatic rings. The largest absolute Gasteiger partial charge is 0.371 e. The molecule has 2 aliphatic rings. The molecule has 0 amide bonds. The Morgan fingerprint density at radius 3 is 1.90 bits per heavy atom. The summed E-state index contributed by atoms with van der Waals surface area (Å²) in [5, 5.41) is 2.33. The molecule has 2 heterocycles. The highest BCUT2D eigenvalue weighted by Crippen LogP contribution is 2.62. The molecule has 29 heavy (non-hydrogen) atoms. The molecular weight excluding hydrogens is 372 g/mol. The van der Waals surface area contributed by atoms with E-state index in [2.05, 4.69) is 76.2 Å². The molecule has 2 fully saturated rings. The Bertz CT molecular complexity index is 911. The van der Waals surface area contributed by atoms with Crippen molar-refractivity contribution in [2.24, 2.45) is 5.41 Å². The van der Waals surface area contributed by atoms with Crippen LogP contribution in [0.15, 0.2) is 60.7 Å². The Labute approximate surface area is 178 Å². The van der Waals surface area contributed by atoms with Gasteiger partial charge in [-0.2, -0.15) is 0 Å². The predicted molar refractivity (Wildman–Crippen MR) is 123 cm³/mol. The van der Waals surface area contributed by atoms with Crippen molar-refractivity contribution in [1.82, 2.24) is 0 Å².